The summed E-state index contributed by atoms with van der Waals surface area (Å²) in [6.07, 6.45) is 11.1. The van der Waals surface area contributed by atoms with Crippen LogP contribution in [0.2, 0.25) is 0 Å². The van der Waals surface area contributed by atoms with E-state index in [1.807, 2.05) is 47.5 Å². The third-order valence-electron chi connectivity index (χ3n) is 1.45. The van der Waals surface area contributed by atoms with Crippen LogP contribution >= 0.6 is 33.4 Å². The smallest absolute Gasteiger partial charge is 1.00 e. The van der Waals surface area contributed by atoms with E-state index in [-0.39, 0.29) is 77.2 Å². The summed E-state index contributed by atoms with van der Waals surface area (Å²) in [6.45, 7) is 0. The SMILES string of the molecule is [Cl-].[Cl-].[Zr+2].[Zr+2].[c-]1ccp[nH]1.[c-]1ccp[nH]1.[c-]1ccp[nH]1.[c-]1ccp[nH]1. The number of rotatable bonds is 0. The van der Waals surface area contributed by atoms with E-state index in [1.54, 1.807) is 0 Å². The van der Waals surface area contributed by atoms with Crippen LogP contribution in [0, 0.1) is 24.8 Å². The van der Waals surface area contributed by atoms with Crippen molar-refractivity contribution in [1.82, 2.24) is 19.0 Å². The Morgan fingerprint density at radius 3 is 0.708 bits per heavy atom. The first-order valence-corrected chi connectivity index (χ1v) is 9.27. The fourth-order valence-corrected chi connectivity index (χ4v) is 2.24. The van der Waals surface area contributed by atoms with Crippen molar-refractivity contribution < 1.29 is 77.2 Å². The van der Waals surface area contributed by atoms with Gasteiger partial charge >= 0.3 is 52.4 Å². The van der Waals surface area contributed by atoms with Crippen LogP contribution in [-0.2, 0) is 52.4 Å². The minimum Gasteiger partial charge on any atom is -1.00 e. The number of hydrogen-bond donors (Lipinski definition) is 4. The molecule has 0 aromatic carbocycles. The van der Waals surface area contributed by atoms with Gasteiger partial charge in [-0.15, -0.1) is 33.4 Å². The number of nitrogens with one attached hydrogen (secondary N) is 4. The Bertz CT molecular complexity index is 378. The van der Waals surface area contributed by atoms with E-state index >= 15 is 0 Å². The largest absolute Gasteiger partial charge is 2.00 e. The number of halogens is 2. The van der Waals surface area contributed by atoms with Crippen LogP contribution in [0.3, 0.4) is 0 Å². The fraction of sp³-hybridized carbons (Fsp3) is 0. The fourth-order valence-electron chi connectivity index (χ4n) is 0.745. The molecule has 0 amide bonds. The Morgan fingerprint density at radius 1 is 0.458 bits per heavy atom. The Kier molecular flexibility index (Phi) is 39.6. The molecule has 0 saturated carbocycles. The summed E-state index contributed by atoms with van der Waals surface area (Å²) in [5.41, 5.74) is 0. The van der Waals surface area contributed by atoms with Crippen molar-refractivity contribution >= 4 is 33.4 Å². The summed E-state index contributed by atoms with van der Waals surface area (Å²) in [7, 11) is 4.60. The van der Waals surface area contributed by atoms with Crippen LogP contribution in [0.15, 0.2) is 47.5 Å². The van der Waals surface area contributed by atoms with E-state index < -0.39 is 0 Å². The summed E-state index contributed by atoms with van der Waals surface area (Å²) in [5.74, 6) is 7.94. The van der Waals surface area contributed by atoms with Crippen molar-refractivity contribution in [1.29, 1.82) is 0 Å². The van der Waals surface area contributed by atoms with Gasteiger partial charge in [0.1, 0.15) is 0 Å². The quantitative estimate of drug-likeness (QED) is 0.202. The maximum absolute atomic E-state index is 2.83. The minimum absolute atomic E-state index is 0. The van der Waals surface area contributed by atoms with Crippen molar-refractivity contribution in [3.05, 3.63) is 72.2 Å². The van der Waals surface area contributed by atoms with Crippen molar-refractivity contribution in [2.45, 2.75) is 0 Å². The molecule has 0 unspecified atom stereocenters. The van der Waals surface area contributed by atoms with E-state index in [2.05, 4.69) is 43.8 Å². The molecule has 0 spiro atoms. The topological polar surface area (TPSA) is 63.2 Å². The molecule has 4 nitrogen and oxygen atoms in total. The molecule has 0 aliphatic carbocycles. The molecule has 0 bridgehead atoms. The standard InChI is InChI=1S/4C3H3NP.2ClH.2Zr/c4*1-2-4-5-3-1;;;;/h4*1,3-4H;2*1H;;/q4*-1;;;2*+2/p-2. The van der Waals surface area contributed by atoms with E-state index in [9.17, 15) is 0 Å². The summed E-state index contributed by atoms with van der Waals surface area (Å²) in [6, 6.07) is 7.45. The molecule has 0 atom stereocenters. The third-order valence-corrected chi connectivity index (χ3v) is 3.67. The molecule has 24 heavy (non-hydrogen) atoms. The predicted octanol–water partition coefficient (Wildman–Crippen LogP) is -0.417. The zero-order chi connectivity index (χ0) is 14.1. The van der Waals surface area contributed by atoms with E-state index in [0.717, 1.165) is 33.4 Å². The van der Waals surface area contributed by atoms with E-state index in [1.165, 1.54) is 0 Å². The van der Waals surface area contributed by atoms with Gasteiger partial charge < -0.3 is 43.8 Å². The van der Waals surface area contributed by atoms with E-state index in [4.69, 9.17) is 0 Å². The van der Waals surface area contributed by atoms with Crippen molar-refractivity contribution in [2.75, 3.05) is 0 Å². The summed E-state index contributed by atoms with van der Waals surface area (Å²) < 4.78 is 11.3. The van der Waals surface area contributed by atoms with Gasteiger partial charge in [-0.2, -0.15) is 48.0 Å². The van der Waals surface area contributed by atoms with Gasteiger partial charge in [0.05, 0.1) is 0 Å². The second-order valence-electron chi connectivity index (χ2n) is 2.80. The molecule has 0 aliphatic heterocycles. The summed E-state index contributed by atoms with van der Waals surface area (Å²) >= 11 is 0. The van der Waals surface area contributed by atoms with Crippen molar-refractivity contribution in [3.63, 3.8) is 0 Å². The number of H-pyrrole nitrogens is 4. The van der Waals surface area contributed by atoms with Gasteiger partial charge in [-0.3, -0.25) is 0 Å². The molecule has 0 saturated heterocycles. The minimum atomic E-state index is 0. The van der Waals surface area contributed by atoms with Gasteiger partial charge in [0.15, 0.2) is 0 Å². The molecular weight excluding hydrogens is 577 g/mol. The Balaban J connectivity index is -0.000000105. The van der Waals surface area contributed by atoms with Gasteiger partial charge in [0.2, 0.25) is 0 Å². The molecule has 4 heterocycles. The first-order chi connectivity index (χ1) is 10.0. The first-order valence-electron chi connectivity index (χ1n) is 5.42. The monoisotopic (exact) mass is 586 g/mol. The molecule has 0 aliphatic rings. The summed E-state index contributed by atoms with van der Waals surface area (Å²) in [5, 5.41) is 0. The van der Waals surface area contributed by atoms with Gasteiger partial charge in [-0.05, 0) is 0 Å². The molecule has 4 aromatic rings. The zero-order valence-corrected chi connectivity index (χ0v) is 22.2. The molecule has 0 fully saturated rings. The van der Waals surface area contributed by atoms with Gasteiger partial charge in [0, 0.05) is 0 Å². The van der Waals surface area contributed by atoms with Crippen LogP contribution in [-0.4, -0.2) is 19.0 Å². The average molecular weight is 590 g/mol. The molecule has 12 heteroatoms. The van der Waals surface area contributed by atoms with Crippen molar-refractivity contribution in [3.8, 4) is 0 Å². The Hall–Kier alpha value is 1.19. The second kappa shape index (κ2) is 29.0. The maximum Gasteiger partial charge on any atom is 2.00 e. The number of hydrogen-bond acceptors (Lipinski definition) is 0. The molecular formula is C12H12Cl2N4P4Zr2-2. The van der Waals surface area contributed by atoms with Gasteiger partial charge in [-0.1, -0.05) is 0 Å². The summed E-state index contributed by atoms with van der Waals surface area (Å²) in [4.78, 5) is 0. The van der Waals surface area contributed by atoms with Gasteiger partial charge in [0.25, 0.3) is 0 Å². The van der Waals surface area contributed by atoms with Gasteiger partial charge in [-0.25, -0.2) is 24.3 Å². The maximum atomic E-state index is 2.83. The van der Waals surface area contributed by atoms with Crippen LogP contribution in [0.4, 0.5) is 0 Å². The second-order valence-corrected chi connectivity index (χ2v) is 5.92. The molecule has 4 N–H and O–H groups in total. The first kappa shape index (κ1) is 32.8. The van der Waals surface area contributed by atoms with Crippen LogP contribution in [0.5, 0.6) is 0 Å². The van der Waals surface area contributed by atoms with Crippen LogP contribution in [0.25, 0.3) is 0 Å². The predicted molar refractivity (Wildman–Crippen MR) is 88.6 cm³/mol. The third kappa shape index (κ3) is 25.4. The van der Waals surface area contributed by atoms with E-state index in [0.29, 0.717) is 0 Å². The number of aromatic amines is 4. The normalized spacial score (nSPS) is 8.00. The van der Waals surface area contributed by atoms with Crippen LogP contribution < -0.4 is 24.8 Å². The van der Waals surface area contributed by atoms with Crippen LogP contribution in [0.1, 0.15) is 0 Å². The molecule has 4 rings (SSSR count). The molecule has 124 valence electrons. The molecule has 4 aromatic heterocycles. The van der Waals surface area contributed by atoms with Crippen molar-refractivity contribution in [2.24, 2.45) is 0 Å². The Labute approximate surface area is 199 Å². The average Bonchev–Trinajstić information content (AvgIpc) is 3.40. The molecule has 0 radical (unpaired) electrons. The number of aromatic nitrogens is 4. The zero-order valence-electron chi connectivity index (χ0n) is 12.2. The Morgan fingerprint density at radius 2 is 0.667 bits per heavy atom.